The molecule has 0 aliphatic heterocycles. The van der Waals surface area contributed by atoms with E-state index in [1.54, 1.807) is 6.07 Å². The molecule has 6 heteroatoms. The van der Waals surface area contributed by atoms with E-state index in [0.717, 1.165) is 36.2 Å². The summed E-state index contributed by atoms with van der Waals surface area (Å²) in [7, 11) is 0. The van der Waals surface area contributed by atoms with Gasteiger partial charge in [-0.25, -0.2) is 4.98 Å². The molecule has 3 aromatic rings. The Morgan fingerprint density at radius 3 is 2.46 bits per heavy atom. The number of halogens is 3. The first-order valence-electron chi connectivity index (χ1n) is 9.40. The van der Waals surface area contributed by atoms with Crippen LogP contribution in [0, 0.1) is 0 Å². The molecule has 2 nitrogen and oxygen atoms in total. The number of anilines is 2. The Balaban J connectivity index is 1.74. The zero-order valence-corrected chi connectivity index (χ0v) is 16.7. The van der Waals surface area contributed by atoms with Crippen LogP contribution in [0.5, 0.6) is 0 Å². The second-order valence-corrected chi connectivity index (χ2v) is 7.62. The number of rotatable bonds is 7. The normalized spacial score (nSPS) is 12.8. The molecule has 0 saturated heterocycles. The largest absolute Gasteiger partial charge is 0.416 e. The standard InChI is InChI=1S/C22H23F3N2S/c1-3-6-15(4-2)16-9-11-17(12-10-16)20-14-28-21(27-20)26-19-8-5-7-18(13-19)22(23,24)25/h5,7-15H,3-4,6H2,1-2H3,(H,26,27). The highest BCUT2D eigenvalue weighted by atomic mass is 32.1. The van der Waals surface area contributed by atoms with Crippen molar-refractivity contribution < 1.29 is 13.2 Å². The Hall–Kier alpha value is -2.34. The predicted molar refractivity (Wildman–Crippen MR) is 110 cm³/mol. The Labute approximate surface area is 167 Å². The number of alkyl halides is 3. The number of aromatic nitrogens is 1. The van der Waals surface area contributed by atoms with Crippen molar-refractivity contribution in [3.05, 3.63) is 65.0 Å². The lowest BCUT2D eigenvalue weighted by Gasteiger charge is -2.14. The van der Waals surface area contributed by atoms with Gasteiger partial charge in [0.15, 0.2) is 5.13 Å². The van der Waals surface area contributed by atoms with Crippen LogP contribution in [0.1, 0.15) is 50.2 Å². The molecule has 3 rings (SSSR count). The molecule has 0 saturated carbocycles. The molecular formula is C22H23F3N2S. The molecule has 28 heavy (non-hydrogen) atoms. The van der Waals surface area contributed by atoms with Crippen molar-refractivity contribution in [1.82, 2.24) is 4.98 Å². The van der Waals surface area contributed by atoms with Gasteiger partial charge in [0.05, 0.1) is 11.3 Å². The summed E-state index contributed by atoms with van der Waals surface area (Å²) in [5.74, 6) is 0.577. The molecule has 2 aromatic carbocycles. The maximum absolute atomic E-state index is 12.9. The van der Waals surface area contributed by atoms with E-state index in [0.29, 0.717) is 16.7 Å². The fraction of sp³-hybridized carbons (Fsp3) is 0.318. The van der Waals surface area contributed by atoms with E-state index in [-0.39, 0.29) is 0 Å². The van der Waals surface area contributed by atoms with E-state index in [1.165, 1.54) is 29.4 Å². The summed E-state index contributed by atoms with van der Waals surface area (Å²) in [6.07, 6.45) is -0.898. The molecule has 148 valence electrons. The van der Waals surface area contributed by atoms with Crippen LogP contribution in [0.25, 0.3) is 11.3 Å². The van der Waals surface area contributed by atoms with Gasteiger partial charge in [0.2, 0.25) is 0 Å². The maximum Gasteiger partial charge on any atom is 0.416 e. The molecule has 1 aromatic heterocycles. The van der Waals surface area contributed by atoms with Crippen LogP contribution in [0.4, 0.5) is 24.0 Å². The molecule has 1 unspecified atom stereocenters. The molecular weight excluding hydrogens is 381 g/mol. The molecule has 1 N–H and O–H groups in total. The first kappa shape index (κ1) is 20.4. The van der Waals surface area contributed by atoms with Crippen molar-refractivity contribution in [3.8, 4) is 11.3 Å². The minimum atomic E-state index is -4.36. The number of thiazole rings is 1. The van der Waals surface area contributed by atoms with E-state index in [4.69, 9.17) is 0 Å². The second kappa shape index (κ2) is 8.78. The number of nitrogens with one attached hydrogen (secondary N) is 1. The first-order valence-corrected chi connectivity index (χ1v) is 10.3. The molecule has 0 fully saturated rings. The topological polar surface area (TPSA) is 24.9 Å². The summed E-state index contributed by atoms with van der Waals surface area (Å²) in [6.45, 7) is 4.41. The van der Waals surface area contributed by atoms with Gasteiger partial charge in [-0.05, 0) is 42.5 Å². The number of hydrogen-bond donors (Lipinski definition) is 1. The van der Waals surface area contributed by atoms with Crippen LogP contribution in [0.2, 0.25) is 0 Å². The van der Waals surface area contributed by atoms with Crippen LogP contribution in [-0.2, 0) is 6.18 Å². The molecule has 0 radical (unpaired) electrons. The maximum atomic E-state index is 12.9. The molecule has 1 heterocycles. The van der Waals surface area contributed by atoms with Crippen molar-refractivity contribution >= 4 is 22.2 Å². The number of benzene rings is 2. The van der Waals surface area contributed by atoms with Gasteiger partial charge < -0.3 is 5.32 Å². The van der Waals surface area contributed by atoms with Crippen LogP contribution >= 0.6 is 11.3 Å². The van der Waals surface area contributed by atoms with Gasteiger partial charge in [0.25, 0.3) is 0 Å². The van der Waals surface area contributed by atoms with Crippen molar-refractivity contribution in [2.24, 2.45) is 0 Å². The smallest absolute Gasteiger partial charge is 0.332 e. The average Bonchev–Trinajstić information content (AvgIpc) is 3.14. The molecule has 0 spiro atoms. The Morgan fingerprint density at radius 2 is 1.82 bits per heavy atom. The van der Waals surface area contributed by atoms with Crippen LogP contribution in [0.3, 0.4) is 0 Å². The molecule has 0 aliphatic rings. The predicted octanol–water partition coefficient (Wildman–Crippen LogP) is 7.87. The lowest BCUT2D eigenvalue weighted by Crippen LogP contribution is -2.05. The summed E-state index contributed by atoms with van der Waals surface area (Å²) in [4.78, 5) is 4.52. The number of hydrogen-bond acceptors (Lipinski definition) is 3. The van der Waals surface area contributed by atoms with Crippen LogP contribution in [-0.4, -0.2) is 4.98 Å². The van der Waals surface area contributed by atoms with Gasteiger partial charge >= 0.3 is 6.18 Å². The Kier molecular flexibility index (Phi) is 6.39. The average molecular weight is 405 g/mol. The van der Waals surface area contributed by atoms with Crippen molar-refractivity contribution in [2.45, 2.75) is 45.2 Å². The van der Waals surface area contributed by atoms with E-state index < -0.39 is 11.7 Å². The van der Waals surface area contributed by atoms with Crippen molar-refractivity contribution in [1.29, 1.82) is 0 Å². The van der Waals surface area contributed by atoms with E-state index in [1.807, 2.05) is 5.38 Å². The van der Waals surface area contributed by atoms with Gasteiger partial charge in [-0.3, -0.25) is 0 Å². The van der Waals surface area contributed by atoms with Crippen LogP contribution < -0.4 is 5.32 Å². The highest BCUT2D eigenvalue weighted by molar-refractivity contribution is 7.14. The summed E-state index contributed by atoms with van der Waals surface area (Å²) in [5, 5.41) is 5.45. The Morgan fingerprint density at radius 1 is 1.07 bits per heavy atom. The highest BCUT2D eigenvalue weighted by Crippen LogP contribution is 2.33. The van der Waals surface area contributed by atoms with Crippen molar-refractivity contribution in [2.75, 3.05) is 5.32 Å². The molecule has 0 bridgehead atoms. The van der Waals surface area contributed by atoms with Gasteiger partial charge in [-0.15, -0.1) is 11.3 Å². The summed E-state index contributed by atoms with van der Waals surface area (Å²) in [5.41, 5.74) is 2.85. The number of nitrogens with zero attached hydrogens (tertiary/aromatic N) is 1. The van der Waals surface area contributed by atoms with Crippen LogP contribution in [0.15, 0.2) is 53.9 Å². The van der Waals surface area contributed by atoms with Crippen molar-refractivity contribution in [3.63, 3.8) is 0 Å². The summed E-state index contributed by atoms with van der Waals surface area (Å²) >= 11 is 1.37. The first-order chi connectivity index (χ1) is 13.4. The van der Waals surface area contributed by atoms with E-state index in [9.17, 15) is 13.2 Å². The third kappa shape index (κ3) is 4.93. The summed E-state index contributed by atoms with van der Waals surface area (Å²) in [6, 6.07) is 13.6. The van der Waals surface area contributed by atoms with Gasteiger partial charge in [0, 0.05) is 16.6 Å². The quantitative estimate of drug-likeness (QED) is 0.433. The third-order valence-electron chi connectivity index (χ3n) is 4.75. The lowest BCUT2D eigenvalue weighted by atomic mass is 9.91. The summed E-state index contributed by atoms with van der Waals surface area (Å²) < 4.78 is 38.6. The second-order valence-electron chi connectivity index (χ2n) is 6.76. The third-order valence-corrected chi connectivity index (χ3v) is 5.51. The fourth-order valence-corrected chi connectivity index (χ4v) is 3.98. The zero-order chi connectivity index (χ0) is 20.1. The lowest BCUT2D eigenvalue weighted by molar-refractivity contribution is -0.137. The zero-order valence-electron chi connectivity index (χ0n) is 15.9. The van der Waals surface area contributed by atoms with Gasteiger partial charge in [0.1, 0.15) is 0 Å². The van der Waals surface area contributed by atoms with E-state index in [2.05, 4.69) is 48.4 Å². The minimum Gasteiger partial charge on any atom is -0.332 e. The molecule has 0 amide bonds. The monoisotopic (exact) mass is 404 g/mol. The Bertz CT molecular complexity index is 901. The van der Waals surface area contributed by atoms with Gasteiger partial charge in [-0.2, -0.15) is 13.2 Å². The van der Waals surface area contributed by atoms with Gasteiger partial charge in [-0.1, -0.05) is 50.6 Å². The van der Waals surface area contributed by atoms with E-state index >= 15 is 0 Å². The minimum absolute atomic E-state index is 0.372. The SMILES string of the molecule is CCCC(CC)c1ccc(-c2csc(Nc3cccc(C(F)(F)F)c3)n2)cc1. The molecule has 0 aliphatic carbocycles. The fourth-order valence-electron chi connectivity index (χ4n) is 3.24. The highest BCUT2D eigenvalue weighted by Gasteiger charge is 2.30. The molecule has 1 atom stereocenters.